The number of carbonyl (C=O) groups excluding carboxylic acids is 1. The highest BCUT2D eigenvalue weighted by Crippen LogP contribution is 2.24. The van der Waals surface area contributed by atoms with Crippen LogP contribution in [0.2, 0.25) is 0 Å². The van der Waals surface area contributed by atoms with Gasteiger partial charge >= 0.3 is 0 Å². The van der Waals surface area contributed by atoms with E-state index in [1.807, 2.05) is 46.6 Å². The van der Waals surface area contributed by atoms with Crippen LogP contribution in [0.1, 0.15) is 60.3 Å². The summed E-state index contributed by atoms with van der Waals surface area (Å²) in [6.45, 7) is 9.88. The number of carbonyl (C=O) groups is 1. The van der Waals surface area contributed by atoms with Crippen molar-refractivity contribution in [2.75, 3.05) is 7.05 Å². The number of nitrogens with zero attached hydrogens (tertiary/aromatic N) is 2. The fourth-order valence-corrected chi connectivity index (χ4v) is 1.64. The summed E-state index contributed by atoms with van der Waals surface area (Å²) in [7, 11) is 1.88. The van der Waals surface area contributed by atoms with Gasteiger partial charge in [0.25, 0.3) is 5.91 Å². The Morgan fingerprint density at radius 1 is 1.39 bits per heavy atom. The Morgan fingerprint density at radius 2 is 1.94 bits per heavy atom. The first-order chi connectivity index (χ1) is 8.60. The fourth-order valence-electron chi connectivity index (χ4n) is 1.64. The molecule has 0 unspecified atom stereocenters. The Kier molecular flexibility index (Phi) is 8.34. The molecular weight excluding hydrogens is 224 g/mol. The molecule has 1 rings (SSSR count). The van der Waals surface area contributed by atoms with Gasteiger partial charge in [-0.1, -0.05) is 26.8 Å². The normalized spacial score (nSPS) is 16.6. The molecule has 0 saturated heterocycles. The van der Waals surface area contributed by atoms with Crippen LogP contribution in [0.5, 0.6) is 0 Å². The second-order valence-electron chi connectivity index (χ2n) is 4.38. The van der Waals surface area contributed by atoms with E-state index in [9.17, 15) is 4.79 Å². The lowest BCUT2D eigenvalue weighted by Gasteiger charge is -2.34. The molecular formula is C15H28N2O. The minimum absolute atomic E-state index is 0.0556. The molecule has 0 aliphatic heterocycles. The van der Waals surface area contributed by atoms with E-state index in [0.29, 0.717) is 11.7 Å². The number of allylic oxidation sites excluding steroid dienone is 1. The van der Waals surface area contributed by atoms with Crippen molar-refractivity contribution in [2.24, 2.45) is 4.99 Å². The quantitative estimate of drug-likeness (QED) is 0.553. The van der Waals surface area contributed by atoms with Gasteiger partial charge in [-0.15, -0.1) is 0 Å². The van der Waals surface area contributed by atoms with Crippen LogP contribution in [0.25, 0.3) is 0 Å². The summed E-state index contributed by atoms with van der Waals surface area (Å²) in [5, 5.41) is 0. The molecule has 3 nitrogen and oxygen atoms in total. The second-order valence-corrected chi connectivity index (χ2v) is 4.38. The van der Waals surface area contributed by atoms with Crippen LogP contribution < -0.4 is 0 Å². The van der Waals surface area contributed by atoms with Crippen LogP contribution >= 0.6 is 0 Å². The third-order valence-electron chi connectivity index (χ3n) is 3.26. The SMILES string of the molecule is C/C=C(\N=C(C)CC)C(=O)N(C)C1CCC1.CC. The van der Waals surface area contributed by atoms with Crippen LogP contribution in [-0.4, -0.2) is 29.6 Å². The van der Waals surface area contributed by atoms with Gasteiger partial charge in [-0.05, 0) is 39.5 Å². The summed E-state index contributed by atoms with van der Waals surface area (Å²) in [5.74, 6) is 0.0556. The van der Waals surface area contributed by atoms with E-state index in [-0.39, 0.29) is 5.91 Å². The van der Waals surface area contributed by atoms with Gasteiger partial charge in [0.05, 0.1) is 0 Å². The van der Waals surface area contributed by atoms with Gasteiger partial charge in [0.1, 0.15) is 5.70 Å². The molecule has 0 atom stereocenters. The monoisotopic (exact) mass is 252 g/mol. The van der Waals surface area contributed by atoms with E-state index < -0.39 is 0 Å². The summed E-state index contributed by atoms with van der Waals surface area (Å²) in [5.41, 5.74) is 1.58. The highest BCUT2D eigenvalue weighted by Gasteiger charge is 2.26. The van der Waals surface area contributed by atoms with Crippen molar-refractivity contribution in [3.8, 4) is 0 Å². The molecule has 1 saturated carbocycles. The van der Waals surface area contributed by atoms with Gasteiger partial charge in [-0.2, -0.15) is 0 Å². The zero-order valence-corrected chi connectivity index (χ0v) is 12.8. The standard InChI is InChI=1S/C13H22N2O.C2H6/c1-5-10(3)14-12(6-2)13(16)15(4)11-8-7-9-11;1-2/h6,11H,5,7-9H2,1-4H3;1-2H3/b12-6-,14-10?;. The third kappa shape index (κ3) is 4.63. The average Bonchev–Trinajstić information content (AvgIpc) is 2.35. The van der Waals surface area contributed by atoms with E-state index in [0.717, 1.165) is 25.0 Å². The fraction of sp³-hybridized carbons (Fsp3) is 0.733. The van der Waals surface area contributed by atoms with Crippen molar-refractivity contribution >= 4 is 11.6 Å². The molecule has 1 aliphatic rings. The molecule has 0 aromatic rings. The number of hydrogen-bond donors (Lipinski definition) is 0. The van der Waals surface area contributed by atoms with Crippen LogP contribution in [0.3, 0.4) is 0 Å². The molecule has 1 aliphatic carbocycles. The van der Waals surface area contributed by atoms with E-state index in [2.05, 4.69) is 4.99 Å². The highest BCUT2D eigenvalue weighted by molar-refractivity contribution is 5.96. The lowest BCUT2D eigenvalue weighted by molar-refractivity contribution is -0.129. The number of likely N-dealkylation sites (N-methyl/N-ethyl adjacent to an activating group) is 1. The van der Waals surface area contributed by atoms with Gasteiger partial charge < -0.3 is 4.90 Å². The van der Waals surface area contributed by atoms with Crippen molar-refractivity contribution in [3.63, 3.8) is 0 Å². The molecule has 3 heteroatoms. The number of amides is 1. The van der Waals surface area contributed by atoms with Gasteiger partial charge in [-0.3, -0.25) is 9.79 Å². The van der Waals surface area contributed by atoms with Crippen LogP contribution in [0.4, 0.5) is 0 Å². The molecule has 0 N–H and O–H groups in total. The Labute approximate surface area is 112 Å². The molecule has 0 aromatic carbocycles. The Bertz CT molecular complexity index is 314. The van der Waals surface area contributed by atoms with Crippen LogP contribution in [0, 0.1) is 0 Å². The molecule has 0 radical (unpaired) electrons. The predicted octanol–water partition coefficient (Wildman–Crippen LogP) is 3.80. The van der Waals surface area contributed by atoms with Crippen molar-refractivity contribution in [1.29, 1.82) is 0 Å². The molecule has 0 heterocycles. The lowest BCUT2D eigenvalue weighted by atomic mass is 9.92. The van der Waals surface area contributed by atoms with Crippen molar-refractivity contribution < 1.29 is 4.79 Å². The Balaban J connectivity index is 0.00000137. The van der Waals surface area contributed by atoms with E-state index >= 15 is 0 Å². The van der Waals surface area contributed by atoms with Gasteiger partial charge in [0, 0.05) is 18.8 Å². The van der Waals surface area contributed by atoms with Crippen molar-refractivity contribution in [2.45, 2.75) is 66.3 Å². The molecule has 1 amide bonds. The maximum Gasteiger partial charge on any atom is 0.272 e. The van der Waals surface area contributed by atoms with Gasteiger partial charge in [0.15, 0.2) is 0 Å². The summed E-state index contributed by atoms with van der Waals surface area (Å²) >= 11 is 0. The first kappa shape index (κ1) is 16.9. The summed E-state index contributed by atoms with van der Waals surface area (Å²) in [6.07, 6.45) is 6.20. The topological polar surface area (TPSA) is 32.7 Å². The molecule has 1 fully saturated rings. The minimum Gasteiger partial charge on any atom is -0.337 e. The summed E-state index contributed by atoms with van der Waals surface area (Å²) in [4.78, 5) is 18.3. The third-order valence-corrected chi connectivity index (χ3v) is 3.26. The smallest absolute Gasteiger partial charge is 0.272 e. The lowest BCUT2D eigenvalue weighted by Crippen LogP contribution is -2.41. The molecule has 0 bridgehead atoms. The molecule has 0 spiro atoms. The second kappa shape index (κ2) is 8.90. The van der Waals surface area contributed by atoms with Gasteiger partial charge in [0.2, 0.25) is 0 Å². The molecule has 0 aromatic heterocycles. The Hall–Kier alpha value is -1.12. The predicted molar refractivity (Wildman–Crippen MR) is 78.9 cm³/mol. The highest BCUT2D eigenvalue weighted by atomic mass is 16.2. The van der Waals surface area contributed by atoms with Crippen LogP contribution in [-0.2, 0) is 4.79 Å². The Morgan fingerprint density at radius 3 is 2.28 bits per heavy atom. The van der Waals surface area contributed by atoms with E-state index in [1.165, 1.54) is 6.42 Å². The maximum absolute atomic E-state index is 12.1. The zero-order valence-electron chi connectivity index (χ0n) is 12.8. The van der Waals surface area contributed by atoms with Crippen molar-refractivity contribution in [3.05, 3.63) is 11.8 Å². The zero-order chi connectivity index (χ0) is 14.1. The minimum atomic E-state index is 0.0556. The maximum atomic E-state index is 12.1. The van der Waals surface area contributed by atoms with Gasteiger partial charge in [-0.25, -0.2) is 0 Å². The number of aliphatic imine (C=N–C) groups is 1. The molecule has 104 valence electrons. The molecule has 18 heavy (non-hydrogen) atoms. The summed E-state index contributed by atoms with van der Waals surface area (Å²) in [6, 6.07) is 0.430. The van der Waals surface area contributed by atoms with E-state index in [4.69, 9.17) is 0 Å². The van der Waals surface area contributed by atoms with E-state index in [1.54, 1.807) is 6.08 Å². The first-order valence-electron chi connectivity index (χ1n) is 7.07. The van der Waals surface area contributed by atoms with Crippen LogP contribution in [0.15, 0.2) is 16.8 Å². The number of rotatable bonds is 4. The summed E-state index contributed by atoms with van der Waals surface area (Å²) < 4.78 is 0. The number of hydrogen-bond acceptors (Lipinski definition) is 2. The first-order valence-corrected chi connectivity index (χ1v) is 7.07. The average molecular weight is 252 g/mol. The van der Waals surface area contributed by atoms with Crippen molar-refractivity contribution in [1.82, 2.24) is 4.90 Å². The largest absolute Gasteiger partial charge is 0.337 e.